The zero-order valence-electron chi connectivity index (χ0n) is 17.4. The average molecular weight is 404 g/mol. The molecular formula is C29H25NO. The lowest BCUT2D eigenvalue weighted by atomic mass is 9.75. The lowest BCUT2D eigenvalue weighted by Gasteiger charge is -2.45. The van der Waals surface area contributed by atoms with Crippen molar-refractivity contribution >= 4 is 5.91 Å². The number of nitrogens with zero attached hydrogens (tertiary/aromatic N) is 1. The summed E-state index contributed by atoms with van der Waals surface area (Å²) in [5, 5.41) is 0. The summed E-state index contributed by atoms with van der Waals surface area (Å²) in [5.74, 6) is -0.125. The third-order valence-electron chi connectivity index (χ3n) is 5.60. The summed E-state index contributed by atoms with van der Waals surface area (Å²) < 4.78 is 0. The van der Waals surface area contributed by atoms with Crippen molar-refractivity contribution < 1.29 is 4.79 Å². The van der Waals surface area contributed by atoms with Crippen molar-refractivity contribution in [2.24, 2.45) is 0 Å². The van der Waals surface area contributed by atoms with Crippen molar-refractivity contribution in [2.75, 3.05) is 0 Å². The number of amides is 1. The first-order valence-electron chi connectivity index (χ1n) is 10.4. The van der Waals surface area contributed by atoms with E-state index in [2.05, 4.69) is 55.1 Å². The van der Waals surface area contributed by atoms with Gasteiger partial charge in [-0.05, 0) is 28.3 Å². The maximum Gasteiger partial charge on any atom is 0.247 e. The maximum atomic E-state index is 13.5. The van der Waals surface area contributed by atoms with E-state index in [9.17, 15) is 4.79 Å². The molecule has 1 amide bonds. The molecule has 31 heavy (non-hydrogen) atoms. The molecule has 2 heteroatoms. The molecule has 0 unspecified atom stereocenters. The van der Waals surface area contributed by atoms with E-state index >= 15 is 0 Å². The average Bonchev–Trinajstić information content (AvgIpc) is 2.86. The van der Waals surface area contributed by atoms with Gasteiger partial charge in [-0.25, -0.2) is 0 Å². The highest BCUT2D eigenvalue weighted by molar-refractivity contribution is 5.89. The van der Waals surface area contributed by atoms with Crippen LogP contribution in [0.3, 0.4) is 0 Å². The van der Waals surface area contributed by atoms with E-state index in [1.807, 2.05) is 77.7 Å². The molecule has 0 saturated carbocycles. The fraction of sp³-hybridized carbons (Fsp3) is 0.0690. The summed E-state index contributed by atoms with van der Waals surface area (Å²) in [5.41, 5.74) is 3.32. The Hall–Kier alpha value is -3.91. The molecule has 0 bridgehead atoms. The van der Waals surface area contributed by atoms with Crippen molar-refractivity contribution in [3.63, 3.8) is 0 Å². The molecule has 0 N–H and O–H groups in total. The summed E-state index contributed by atoms with van der Waals surface area (Å²) in [6.45, 7) is 4.28. The van der Waals surface area contributed by atoms with E-state index in [0.717, 1.165) is 22.3 Å². The molecule has 0 radical (unpaired) electrons. The first kappa shape index (κ1) is 20.4. The largest absolute Gasteiger partial charge is 0.317 e. The summed E-state index contributed by atoms with van der Waals surface area (Å²) in [4.78, 5) is 15.4. The topological polar surface area (TPSA) is 20.3 Å². The predicted molar refractivity (Wildman–Crippen MR) is 126 cm³/mol. The number of rotatable bonds is 7. The van der Waals surface area contributed by atoms with Gasteiger partial charge in [0.25, 0.3) is 0 Å². The van der Waals surface area contributed by atoms with Gasteiger partial charge in [0.1, 0.15) is 5.54 Å². The van der Waals surface area contributed by atoms with E-state index in [1.54, 1.807) is 0 Å². The first-order chi connectivity index (χ1) is 15.3. The molecular weight excluding hydrogens is 378 g/mol. The van der Waals surface area contributed by atoms with Gasteiger partial charge in [-0.1, -0.05) is 128 Å². The summed E-state index contributed by atoms with van der Waals surface area (Å²) in [7, 11) is 0. The fourth-order valence-electron chi connectivity index (χ4n) is 4.24. The van der Waals surface area contributed by atoms with Gasteiger partial charge in [-0.2, -0.15) is 0 Å². The highest BCUT2D eigenvalue weighted by atomic mass is 16.2. The summed E-state index contributed by atoms with van der Waals surface area (Å²) >= 11 is 0. The van der Waals surface area contributed by atoms with Gasteiger partial charge in [0, 0.05) is 6.54 Å². The van der Waals surface area contributed by atoms with Crippen LogP contribution in [0.25, 0.3) is 0 Å². The molecule has 4 aromatic rings. The van der Waals surface area contributed by atoms with Gasteiger partial charge < -0.3 is 4.90 Å². The Morgan fingerprint density at radius 3 is 1.35 bits per heavy atom. The van der Waals surface area contributed by atoms with Crippen molar-refractivity contribution in [1.29, 1.82) is 0 Å². The number of carbonyl (C=O) groups is 1. The number of carbonyl (C=O) groups excluding carboxylic acids is 1. The molecule has 0 aliphatic rings. The van der Waals surface area contributed by atoms with Crippen LogP contribution in [0.4, 0.5) is 0 Å². The van der Waals surface area contributed by atoms with Crippen LogP contribution in [0, 0.1) is 0 Å². The Morgan fingerprint density at radius 1 is 0.645 bits per heavy atom. The maximum absolute atomic E-state index is 13.5. The molecule has 0 fully saturated rings. The number of hydrogen-bond acceptors (Lipinski definition) is 1. The predicted octanol–water partition coefficient (Wildman–Crippen LogP) is 6.19. The molecule has 0 saturated heterocycles. The lowest BCUT2D eigenvalue weighted by Crippen LogP contribution is -2.50. The second-order valence-corrected chi connectivity index (χ2v) is 7.42. The second kappa shape index (κ2) is 9.27. The summed E-state index contributed by atoms with van der Waals surface area (Å²) in [6, 6.07) is 40.8. The minimum atomic E-state index is -0.815. The third kappa shape index (κ3) is 3.93. The van der Waals surface area contributed by atoms with E-state index in [4.69, 9.17) is 0 Å². The monoisotopic (exact) mass is 403 g/mol. The van der Waals surface area contributed by atoms with Crippen molar-refractivity contribution in [1.82, 2.24) is 4.90 Å². The van der Waals surface area contributed by atoms with Crippen molar-refractivity contribution in [2.45, 2.75) is 12.1 Å². The molecule has 0 heterocycles. The molecule has 2 nitrogen and oxygen atoms in total. The normalized spacial score (nSPS) is 11.0. The van der Waals surface area contributed by atoms with Crippen LogP contribution in [-0.4, -0.2) is 10.8 Å². The van der Waals surface area contributed by atoms with E-state index in [0.29, 0.717) is 6.54 Å². The summed E-state index contributed by atoms with van der Waals surface area (Å²) in [6.07, 6.45) is 1.41. The Labute approximate surface area is 184 Å². The van der Waals surface area contributed by atoms with Crippen LogP contribution in [0.15, 0.2) is 134 Å². The van der Waals surface area contributed by atoms with Crippen LogP contribution >= 0.6 is 0 Å². The molecule has 152 valence electrons. The van der Waals surface area contributed by atoms with E-state index < -0.39 is 5.54 Å². The highest BCUT2D eigenvalue weighted by Gasteiger charge is 2.43. The quantitative estimate of drug-likeness (QED) is 0.266. The SMILES string of the molecule is C=CC(=O)N(Cc1ccccc1)C(c1ccccc1)(c1ccccc1)c1ccccc1. The molecule has 4 rings (SSSR count). The lowest BCUT2D eigenvalue weighted by molar-refractivity contribution is -0.130. The van der Waals surface area contributed by atoms with Crippen molar-refractivity contribution in [3.8, 4) is 0 Å². The van der Waals surface area contributed by atoms with E-state index in [-0.39, 0.29) is 5.91 Å². The van der Waals surface area contributed by atoms with Gasteiger partial charge in [0.15, 0.2) is 0 Å². The van der Waals surface area contributed by atoms with Crippen LogP contribution in [0.2, 0.25) is 0 Å². The molecule has 0 aliphatic heterocycles. The van der Waals surface area contributed by atoms with Crippen LogP contribution in [0.1, 0.15) is 22.3 Å². The third-order valence-corrected chi connectivity index (χ3v) is 5.60. The minimum Gasteiger partial charge on any atom is -0.317 e. The van der Waals surface area contributed by atoms with E-state index in [1.165, 1.54) is 6.08 Å². The Morgan fingerprint density at radius 2 is 1.00 bits per heavy atom. The first-order valence-corrected chi connectivity index (χ1v) is 10.4. The smallest absolute Gasteiger partial charge is 0.247 e. The van der Waals surface area contributed by atoms with Gasteiger partial charge >= 0.3 is 0 Å². The van der Waals surface area contributed by atoms with Gasteiger partial charge in [-0.3, -0.25) is 4.79 Å². The Bertz CT molecular complexity index is 1030. The molecule has 0 atom stereocenters. The zero-order valence-corrected chi connectivity index (χ0v) is 17.4. The van der Waals surface area contributed by atoms with Crippen LogP contribution < -0.4 is 0 Å². The minimum absolute atomic E-state index is 0.125. The van der Waals surface area contributed by atoms with Gasteiger partial charge in [0.05, 0.1) is 0 Å². The molecule has 0 aromatic heterocycles. The van der Waals surface area contributed by atoms with Crippen LogP contribution in [-0.2, 0) is 16.9 Å². The highest BCUT2D eigenvalue weighted by Crippen LogP contribution is 2.43. The van der Waals surface area contributed by atoms with Crippen LogP contribution in [0.5, 0.6) is 0 Å². The Kier molecular flexibility index (Phi) is 6.09. The number of benzene rings is 4. The molecule has 0 aliphatic carbocycles. The number of hydrogen-bond donors (Lipinski definition) is 0. The fourth-order valence-corrected chi connectivity index (χ4v) is 4.24. The zero-order chi connectivity index (χ0) is 21.5. The Balaban J connectivity index is 2.06. The van der Waals surface area contributed by atoms with Gasteiger partial charge in [0.2, 0.25) is 5.91 Å². The molecule has 0 spiro atoms. The molecule has 4 aromatic carbocycles. The standard InChI is InChI=1S/C29H25NO/c1-2-28(31)30(23-24-15-7-3-8-16-24)29(25-17-9-4-10-18-25,26-19-11-5-12-20-26)27-21-13-6-14-22-27/h2-22H,1,23H2. The van der Waals surface area contributed by atoms with Crippen molar-refractivity contribution in [3.05, 3.63) is 156 Å². The second-order valence-electron chi connectivity index (χ2n) is 7.42. The van der Waals surface area contributed by atoms with Gasteiger partial charge in [-0.15, -0.1) is 0 Å².